The van der Waals surface area contributed by atoms with E-state index in [4.69, 9.17) is 4.42 Å². The van der Waals surface area contributed by atoms with Gasteiger partial charge in [-0.1, -0.05) is 31.0 Å². The fourth-order valence-corrected chi connectivity index (χ4v) is 2.24. The number of nitrogens with zero attached hydrogens (tertiary/aromatic N) is 3. The summed E-state index contributed by atoms with van der Waals surface area (Å²) in [6.07, 6.45) is 3.73. The van der Waals surface area contributed by atoms with Crippen molar-refractivity contribution in [3.63, 3.8) is 0 Å². The summed E-state index contributed by atoms with van der Waals surface area (Å²) in [5, 5.41) is 6.30. The molecule has 2 N–H and O–H groups in total. The van der Waals surface area contributed by atoms with Crippen LogP contribution in [0.1, 0.15) is 31.0 Å². The minimum absolute atomic E-state index is 0. The number of nitrogens with one attached hydrogen (secondary N) is 2. The summed E-state index contributed by atoms with van der Waals surface area (Å²) >= 11 is 0. The number of rotatable bonds is 8. The van der Waals surface area contributed by atoms with E-state index in [1.165, 1.54) is 5.56 Å². The molecule has 0 radical (unpaired) electrons. The molecule has 0 saturated heterocycles. The molecular weight excluding hydrogens is 469 g/mol. The Balaban J connectivity index is 0.00000392. The molecule has 1 amide bonds. The average molecular weight is 499 g/mol. The van der Waals surface area contributed by atoms with Crippen LogP contribution in [0.5, 0.6) is 0 Å². The number of benzene rings is 1. The molecule has 0 bridgehead atoms. The summed E-state index contributed by atoms with van der Waals surface area (Å²) < 4.78 is 5.57. The molecule has 8 heteroatoms. The number of amides is 1. The highest BCUT2D eigenvalue weighted by atomic mass is 127. The predicted octanol–water partition coefficient (Wildman–Crippen LogP) is 3.19. The van der Waals surface area contributed by atoms with E-state index >= 15 is 0 Å². The fraction of sp³-hybridized carbons (Fsp3) is 0.450. The molecule has 154 valence electrons. The van der Waals surface area contributed by atoms with E-state index in [1.54, 1.807) is 25.3 Å². The van der Waals surface area contributed by atoms with E-state index in [9.17, 15) is 4.79 Å². The lowest BCUT2D eigenvalue weighted by molar-refractivity contribution is -0.127. The number of aryl methyl sites for hydroxylation is 1. The number of hydrogen-bond donors (Lipinski definition) is 2. The van der Waals surface area contributed by atoms with Crippen LogP contribution in [0, 0.1) is 6.92 Å². The number of aromatic nitrogens is 1. The van der Waals surface area contributed by atoms with Crippen molar-refractivity contribution in [3.8, 4) is 11.5 Å². The first-order valence-corrected chi connectivity index (χ1v) is 9.23. The Kier molecular flexibility index (Phi) is 10.6. The molecule has 1 aromatic heterocycles. The number of carbonyl (C=O) groups excluding carboxylic acids is 1. The van der Waals surface area contributed by atoms with E-state index < -0.39 is 0 Å². The smallest absolute Gasteiger partial charge is 0.241 e. The van der Waals surface area contributed by atoms with Gasteiger partial charge in [0.05, 0.1) is 13.1 Å². The molecule has 28 heavy (non-hydrogen) atoms. The predicted molar refractivity (Wildman–Crippen MR) is 123 cm³/mol. The summed E-state index contributed by atoms with van der Waals surface area (Å²) in [6.45, 7) is 5.53. The van der Waals surface area contributed by atoms with E-state index in [2.05, 4.69) is 27.5 Å². The quantitative estimate of drug-likeness (QED) is 0.252. The van der Waals surface area contributed by atoms with Crippen molar-refractivity contribution in [2.75, 3.05) is 27.2 Å². The molecular formula is C20H30IN5O2. The largest absolute Gasteiger partial charge is 0.444 e. The zero-order valence-electron chi connectivity index (χ0n) is 17.0. The third-order valence-corrected chi connectivity index (χ3v) is 3.98. The van der Waals surface area contributed by atoms with Crippen molar-refractivity contribution < 1.29 is 9.21 Å². The molecule has 0 unspecified atom stereocenters. The summed E-state index contributed by atoms with van der Waals surface area (Å²) in [5.41, 5.74) is 2.87. The van der Waals surface area contributed by atoms with Crippen LogP contribution in [0.3, 0.4) is 0 Å². The molecule has 0 atom stereocenters. The number of unbranched alkanes of at least 4 members (excludes halogenated alkanes) is 1. The van der Waals surface area contributed by atoms with Gasteiger partial charge in [-0.3, -0.25) is 4.79 Å². The molecule has 0 saturated carbocycles. The SMILES string of the molecule is CCCCNC(=NCc1coc(-c2ccc(C)cc2)n1)NCC(=O)N(C)C.I. The van der Waals surface area contributed by atoms with Gasteiger partial charge in [0.1, 0.15) is 12.0 Å². The zero-order valence-corrected chi connectivity index (χ0v) is 19.3. The number of likely N-dealkylation sites (N-methyl/N-ethyl adjacent to an activating group) is 1. The maximum atomic E-state index is 11.8. The van der Waals surface area contributed by atoms with Crippen LogP contribution in [0.15, 0.2) is 39.9 Å². The number of oxazole rings is 1. The van der Waals surface area contributed by atoms with Gasteiger partial charge in [-0.15, -0.1) is 24.0 Å². The van der Waals surface area contributed by atoms with Crippen molar-refractivity contribution in [2.24, 2.45) is 4.99 Å². The molecule has 0 aliphatic heterocycles. The van der Waals surface area contributed by atoms with E-state index in [0.29, 0.717) is 18.4 Å². The van der Waals surface area contributed by atoms with Gasteiger partial charge in [-0.2, -0.15) is 0 Å². The second-order valence-electron chi connectivity index (χ2n) is 6.60. The highest BCUT2D eigenvalue weighted by molar-refractivity contribution is 14.0. The third kappa shape index (κ3) is 7.87. The summed E-state index contributed by atoms with van der Waals surface area (Å²) in [6, 6.07) is 8.03. The summed E-state index contributed by atoms with van der Waals surface area (Å²) in [7, 11) is 3.46. The highest BCUT2D eigenvalue weighted by Gasteiger charge is 2.08. The van der Waals surface area contributed by atoms with Gasteiger partial charge in [0.25, 0.3) is 0 Å². The lowest BCUT2D eigenvalue weighted by Gasteiger charge is -2.14. The monoisotopic (exact) mass is 499 g/mol. The summed E-state index contributed by atoms with van der Waals surface area (Å²) in [5.74, 6) is 1.16. The third-order valence-electron chi connectivity index (χ3n) is 3.98. The average Bonchev–Trinajstić information content (AvgIpc) is 3.12. The molecule has 1 heterocycles. The molecule has 2 aromatic rings. The second-order valence-corrected chi connectivity index (χ2v) is 6.60. The number of halogens is 1. The fourth-order valence-electron chi connectivity index (χ4n) is 2.24. The Morgan fingerprint density at radius 1 is 1.21 bits per heavy atom. The van der Waals surface area contributed by atoms with Crippen molar-refractivity contribution in [3.05, 3.63) is 41.8 Å². The van der Waals surface area contributed by atoms with Gasteiger partial charge in [-0.25, -0.2) is 9.98 Å². The molecule has 0 spiro atoms. The van der Waals surface area contributed by atoms with Crippen LogP contribution in [0.2, 0.25) is 0 Å². The Hall–Kier alpha value is -2.10. The van der Waals surface area contributed by atoms with Crippen LogP contribution < -0.4 is 10.6 Å². The Bertz CT molecular complexity index is 756. The van der Waals surface area contributed by atoms with Gasteiger partial charge < -0.3 is 20.0 Å². The molecule has 0 aliphatic carbocycles. The van der Waals surface area contributed by atoms with Crippen molar-refractivity contribution in [2.45, 2.75) is 33.2 Å². The maximum Gasteiger partial charge on any atom is 0.241 e. The maximum absolute atomic E-state index is 11.8. The normalized spacial score (nSPS) is 10.9. The van der Waals surface area contributed by atoms with Gasteiger partial charge in [0.15, 0.2) is 5.96 Å². The Labute approximate surface area is 184 Å². The topological polar surface area (TPSA) is 82.8 Å². The minimum Gasteiger partial charge on any atom is -0.444 e. The standard InChI is InChI=1S/C20H29N5O2.HI/c1-5-6-11-21-20(23-13-18(26)25(3)4)22-12-17-14-27-19(24-17)16-9-7-15(2)8-10-16;/h7-10,14H,5-6,11-13H2,1-4H3,(H2,21,22,23);1H. The van der Waals surface area contributed by atoms with Gasteiger partial charge in [0, 0.05) is 26.2 Å². The van der Waals surface area contributed by atoms with Crippen molar-refractivity contribution in [1.82, 2.24) is 20.5 Å². The molecule has 0 fully saturated rings. The number of guanidine groups is 1. The number of carbonyl (C=O) groups is 1. The van der Waals surface area contributed by atoms with E-state index in [1.807, 2.05) is 31.2 Å². The number of hydrogen-bond acceptors (Lipinski definition) is 4. The van der Waals surface area contributed by atoms with Crippen LogP contribution in [0.25, 0.3) is 11.5 Å². The lowest BCUT2D eigenvalue weighted by atomic mass is 10.1. The summed E-state index contributed by atoms with van der Waals surface area (Å²) in [4.78, 5) is 22.3. The molecule has 2 rings (SSSR count). The molecule has 1 aromatic carbocycles. The first kappa shape index (κ1) is 23.9. The first-order chi connectivity index (χ1) is 13.0. The lowest BCUT2D eigenvalue weighted by Crippen LogP contribution is -2.43. The van der Waals surface area contributed by atoms with Crippen LogP contribution in [-0.2, 0) is 11.3 Å². The second kappa shape index (κ2) is 12.4. The van der Waals surface area contributed by atoms with E-state index in [-0.39, 0.29) is 36.4 Å². The first-order valence-electron chi connectivity index (χ1n) is 9.23. The molecule has 0 aliphatic rings. The molecule has 7 nitrogen and oxygen atoms in total. The van der Waals surface area contributed by atoms with E-state index in [0.717, 1.165) is 30.6 Å². The Morgan fingerprint density at radius 2 is 1.93 bits per heavy atom. The Morgan fingerprint density at radius 3 is 2.57 bits per heavy atom. The zero-order chi connectivity index (χ0) is 19.6. The minimum atomic E-state index is -0.0110. The van der Waals surface area contributed by atoms with Crippen LogP contribution >= 0.6 is 24.0 Å². The highest BCUT2D eigenvalue weighted by Crippen LogP contribution is 2.19. The van der Waals surface area contributed by atoms with Crippen LogP contribution in [-0.4, -0.2) is 48.9 Å². The van der Waals surface area contributed by atoms with Crippen LogP contribution in [0.4, 0.5) is 0 Å². The van der Waals surface area contributed by atoms with Gasteiger partial charge in [-0.05, 0) is 25.5 Å². The van der Waals surface area contributed by atoms with Gasteiger partial charge in [0.2, 0.25) is 11.8 Å². The van der Waals surface area contributed by atoms with Crippen molar-refractivity contribution in [1.29, 1.82) is 0 Å². The number of aliphatic imine (C=N–C) groups is 1. The van der Waals surface area contributed by atoms with Crippen molar-refractivity contribution >= 4 is 35.8 Å². The van der Waals surface area contributed by atoms with Gasteiger partial charge >= 0.3 is 0 Å².